The van der Waals surface area contributed by atoms with E-state index in [-0.39, 0.29) is 11.9 Å². The minimum Gasteiger partial charge on any atom is -0.486 e. The number of hydrogen-bond acceptors (Lipinski definition) is 6. The number of carbonyl (C=O) groups excluding carboxylic acids is 1. The van der Waals surface area contributed by atoms with Gasteiger partial charge < -0.3 is 14.8 Å². The third-order valence-corrected chi connectivity index (χ3v) is 5.64. The first-order valence-electron chi connectivity index (χ1n) is 10.4. The molecule has 4 rings (SSSR count). The summed E-state index contributed by atoms with van der Waals surface area (Å²) in [5, 5.41) is 16.6. The van der Waals surface area contributed by atoms with E-state index in [1.54, 1.807) is 4.52 Å². The number of nitrogens with one attached hydrogen (secondary N) is 1. The molecular weight excluding hydrogens is 394 g/mol. The van der Waals surface area contributed by atoms with Gasteiger partial charge in [0.25, 0.3) is 0 Å². The maximum Gasteiger partial charge on any atom is 0.220 e. The molecule has 0 saturated heterocycles. The number of rotatable bonds is 6. The molecule has 2 aromatic heterocycles. The van der Waals surface area contributed by atoms with Gasteiger partial charge in [-0.1, -0.05) is 13.0 Å². The molecule has 1 N–H and O–H groups in total. The van der Waals surface area contributed by atoms with Crippen LogP contribution in [0.2, 0.25) is 0 Å². The van der Waals surface area contributed by atoms with Crippen LogP contribution in [0.3, 0.4) is 0 Å². The monoisotopic (exact) mass is 419 g/mol. The van der Waals surface area contributed by atoms with Crippen LogP contribution < -0.4 is 14.8 Å². The summed E-state index contributed by atoms with van der Waals surface area (Å²) in [6.45, 7) is 6.96. The summed E-state index contributed by atoms with van der Waals surface area (Å²) in [6.07, 6.45) is 3.17. The van der Waals surface area contributed by atoms with Gasteiger partial charge in [-0.15, -0.1) is 0 Å². The highest BCUT2D eigenvalue weighted by atomic mass is 16.6. The van der Waals surface area contributed by atoms with Crippen LogP contribution in [-0.2, 0) is 11.2 Å². The van der Waals surface area contributed by atoms with Crippen LogP contribution in [0, 0.1) is 25.2 Å². The third-order valence-electron chi connectivity index (χ3n) is 5.64. The SMILES string of the molecule is CC[C@@H](NC(=O)CCc1c(C)nc2c(C#N)cnn2c1C)c1ccc2c(c1)OCCO2. The molecule has 0 spiro atoms. The number of benzene rings is 1. The number of ether oxygens (including phenoxy) is 2. The van der Waals surface area contributed by atoms with Gasteiger partial charge in [-0.2, -0.15) is 10.4 Å². The standard InChI is InChI=1S/C23H25N5O3/c1-4-19(16-5-7-20-21(11-16)31-10-9-30-20)27-22(29)8-6-18-14(2)26-23-17(12-24)13-25-28(23)15(18)3/h5,7,11,13,19H,4,6,8-10H2,1-3H3,(H,27,29)/t19-/m1/s1. The van der Waals surface area contributed by atoms with Crippen molar-refractivity contribution in [2.75, 3.05) is 13.2 Å². The molecule has 3 aromatic rings. The lowest BCUT2D eigenvalue weighted by Gasteiger charge is -2.22. The highest BCUT2D eigenvalue weighted by Gasteiger charge is 2.19. The Morgan fingerprint density at radius 3 is 2.81 bits per heavy atom. The molecule has 1 aromatic carbocycles. The van der Waals surface area contributed by atoms with Gasteiger partial charge in [0, 0.05) is 17.8 Å². The van der Waals surface area contributed by atoms with Crippen LogP contribution in [0.4, 0.5) is 0 Å². The maximum atomic E-state index is 12.7. The minimum atomic E-state index is -0.101. The Morgan fingerprint density at radius 2 is 2.06 bits per heavy atom. The zero-order valence-electron chi connectivity index (χ0n) is 17.9. The number of nitriles is 1. The molecule has 0 unspecified atom stereocenters. The summed E-state index contributed by atoms with van der Waals surface area (Å²) in [7, 11) is 0. The molecular formula is C23H25N5O3. The predicted octanol–water partition coefficient (Wildman–Crippen LogP) is 3.19. The number of amides is 1. The van der Waals surface area contributed by atoms with E-state index >= 15 is 0 Å². The number of carbonyl (C=O) groups is 1. The molecule has 3 heterocycles. The third kappa shape index (κ3) is 4.04. The molecule has 160 valence electrons. The molecule has 0 saturated carbocycles. The molecule has 0 radical (unpaired) electrons. The van der Waals surface area contributed by atoms with Crippen molar-refractivity contribution in [3.63, 3.8) is 0 Å². The largest absolute Gasteiger partial charge is 0.486 e. The van der Waals surface area contributed by atoms with E-state index in [0.29, 0.717) is 37.3 Å². The van der Waals surface area contributed by atoms with E-state index in [1.165, 1.54) is 6.20 Å². The number of hydrogen-bond donors (Lipinski definition) is 1. The summed E-state index contributed by atoms with van der Waals surface area (Å²) < 4.78 is 12.9. The molecule has 1 aliphatic rings. The fraction of sp³-hybridized carbons (Fsp3) is 0.391. The first-order chi connectivity index (χ1) is 15.0. The van der Waals surface area contributed by atoms with Crippen LogP contribution >= 0.6 is 0 Å². The maximum absolute atomic E-state index is 12.7. The minimum absolute atomic E-state index is 0.0289. The summed E-state index contributed by atoms with van der Waals surface area (Å²) in [6, 6.07) is 7.82. The highest BCUT2D eigenvalue weighted by molar-refractivity contribution is 5.77. The van der Waals surface area contributed by atoms with Gasteiger partial charge in [-0.3, -0.25) is 4.79 Å². The van der Waals surface area contributed by atoms with Crippen LogP contribution in [0.1, 0.15) is 53.9 Å². The van der Waals surface area contributed by atoms with Crippen LogP contribution in [0.15, 0.2) is 24.4 Å². The van der Waals surface area contributed by atoms with Crippen molar-refractivity contribution >= 4 is 11.6 Å². The van der Waals surface area contributed by atoms with Crippen molar-refractivity contribution in [3.8, 4) is 17.6 Å². The molecule has 31 heavy (non-hydrogen) atoms. The van der Waals surface area contributed by atoms with E-state index < -0.39 is 0 Å². The Labute approximate surface area is 180 Å². The first kappa shape index (κ1) is 20.7. The smallest absolute Gasteiger partial charge is 0.220 e. The molecule has 0 fully saturated rings. The summed E-state index contributed by atoms with van der Waals surface area (Å²) in [5.41, 5.74) is 4.68. The molecule has 0 bridgehead atoms. The Bertz CT molecular complexity index is 1180. The molecule has 0 aliphatic carbocycles. The van der Waals surface area contributed by atoms with Crippen molar-refractivity contribution in [2.24, 2.45) is 0 Å². The van der Waals surface area contributed by atoms with E-state index in [2.05, 4.69) is 21.5 Å². The number of aromatic nitrogens is 3. The van der Waals surface area contributed by atoms with Crippen molar-refractivity contribution < 1.29 is 14.3 Å². The Balaban J connectivity index is 1.46. The lowest BCUT2D eigenvalue weighted by Crippen LogP contribution is -2.28. The second-order valence-electron chi connectivity index (χ2n) is 7.60. The molecule has 1 atom stereocenters. The average Bonchev–Trinajstić information content (AvgIpc) is 3.20. The zero-order valence-corrected chi connectivity index (χ0v) is 17.9. The van der Waals surface area contributed by atoms with Gasteiger partial charge in [0.15, 0.2) is 17.1 Å². The van der Waals surface area contributed by atoms with Crippen molar-refractivity contribution in [2.45, 2.75) is 46.1 Å². The summed E-state index contributed by atoms with van der Waals surface area (Å²) >= 11 is 0. The van der Waals surface area contributed by atoms with E-state index in [4.69, 9.17) is 9.47 Å². The van der Waals surface area contributed by atoms with Crippen LogP contribution in [-0.4, -0.2) is 33.7 Å². The normalized spacial score (nSPS) is 13.6. The second kappa shape index (κ2) is 8.64. The summed E-state index contributed by atoms with van der Waals surface area (Å²) in [5.74, 6) is 1.43. The van der Waals surface area contributed by atoms with Gasteiger partial charge in [0.05, 0.1) is 12.2 Å². The lowest BCUT2D eigenvalue weighted by molar-refractivity contribution is -0.121. The molecule has 8 nitrogen and oxygen atoms in total. The Kier molecular flexibility index (Phi) is 5.76. The highest BCUT2D eigenvalue weighted by Crippen LogP contribution is 2.33. The van der Waals surface area contributed by atoms with Crippen molar-refractivity contribution in [1.29, 1.82) is 5.26 Å². The van der Waals surface area contributed by atoms with E-state index in [0.717, 1.165) is 40.4 Å². The van der Waals surface area contributed by atoms with Gasteiger partial charge >= 0.3 is 0 Å². The van der Waals surface area contributed by atoms with Crippen LogP contribution in [0.5, 0.6) is 11.5 Å². The second-order valence-corrected chi connectivity index (χ2v) is 7.60. The average molecular weight is 419 g/mol. The zero-order chi connectivity index (χ0) is 22.0. The predicted molar refractivity (Wildman–Crippen MR) is 114 cm³/mol. The Morgan fingerprint density at radius 1 is 1.29 bits per heavy atom. The molecule has 1 amide bonds. The van der Waals surface area contributed by atoms with E-state index in [1.807, 2.05) is 39.0 Å². The van der Waals surface area contributed by atoms with Crippen LogP contribution in [0.25, 0.3) is 5.65 Å². The number of fused-ring (bicyclic) bond motifs is 2. The van der Waals surface area contributed by atoms with Gasteiger partial charge in [-0.05, 0) is 49.9 Å². The van der Waals surface area contributed by atoms with Crippen molar-refractivity contribution in [3.05, 3.63) is 52.5 Å². The quantitative estimate of drug-likeness (QED) is 0.658. The lowest BCUT2D eigenvalue weighted by atomic mass is 10.0. The van der Waals surface area contributed by atoms with Gasteiger partial charge in [0.1, 0.15) is 24.8 Å². The fourth-order valence-electron chi connectivity index (χ4n) is 3.95. The Hall–Kier alpha value is -3.60. The van der Waals surface area contributed by atoms with Gasteiger partial charge in [-0.25, -0.2) is 9.50 Å². The topological polar surface area (TPSA) is 102 Å². The van der Waals surface area contributed by atoms with E-state index in [9.17, 15) is 10.1 Å². The first-order valence-corrected chi connectivity index (χ1v) is 10.4. The molecule has 8 heteroatoms. The summed E-state index contributed by atoms with van der Waals surface area (Å²) in [4.78, 5) is 17.3. The molecule has 1 aliphatic heterocycles. The number of aryl methyl sites for hydroxylation is 2. The van der Waals surface area contributed by atoms with Gasteiger partial charge in [0.2, 0.25) is 5.91 Å². The fourth-order valence-corrected chi connectivity index (χ4v) is 3.95. The number of nitrogens with zero attached hydrogens (tertiary/aromatic N) is 4. The van der Waals surface area contributed by atoms with Crippen molar-refractivity contribution in [1.82, 2.24) is 19.9 Å².